The van der Waals surface area contributed by atoms with Crippen LogP contribution in [0.4, 0.5) is 0 Å². The van der Waals surface area contributed by atoms with E-state index in [1.165, 1.54) is 0 Å². The van der Waals surface area contributed by atoms with E-state index >= 15 is 0 Å². The van der Waals surface area contributed by atoms with Gasteiger partial charge in [-0.3, -0.25) is 9.59 Å². The maximum absolute atomic E-state index is 12.2. The van der Waals surface area contributed by atoms with Gasteiger partial charge in [-0.05, 0) is 50.9 Å². The fourth-order valence-electron chi connectivity index (χ4n) is 5.38. The Kier molecular flexibility index (Phi) is 2.20. The molecule has 0 radical (unpaired) electrons. The highest BCUT2D eigenvalue weighted by Gasteiger charge is 2.68. The quantitative estimate of drug-likeness (QED) is 0.796. The van der Waals surface area contributed by atoms with Crippen molar-refractivity contribution >= 4 is 11.7 Å². The van der Waals surface area contributed by atoms with E-state index in [-0.39, 0.29) is 16.9 Å². The van der Waals surface area contributed by atoms with Crippen LogP contribution in [0.5, 0.6) is 0 Å². The Bertz CT molecular complexity index is 392. The second-order valence-electron chi connectivity index (χ2n) is 6.32. The fraction of sp³-hybridized carbons (Fsp3) is 0.857. The fourth-order valence-corrected chi connectivity index (χ4v) is 5.38. The van der Waals surface area contributed by atoms with Gasteiger partial charge in [0.15, 0.2) is 0 Å². The summed E-state index contributed by atoms with van der Waals surface area (Å²) in [4.78, 5) is 23.6. The summed E-state index contributed by atoms with van der Waals surface area (Å²) in [6.45, 7) is 3.37. The number of carbonyl (C=O) groups is 2. The number of fused-ring (bicyclic) bond motifs is 5. The van der Waals surface area contributed by atoms with E-state index in [4.69, 9.17) is 0 Å². The number of Topliss-reactive ketones (excluding diaryl/α,β-unsaturated/α-hetero) is 1. The molecule has 0 spiro atoms. The monoisotopic (exact) mass is 235 g/mol. The van der Waals surface area contributed by atoms with Crippen LogP contribution in [-0.4, -0.2) is 17.2 Å². The number of amides is 1. The molecule has 4 unspecified atom stereocenters. The number of ketones is 1. The van der Waals surface area contributed by atoms with E-state index in [9.17, 15) is 9.59 Å². The smallest absolute Gasteiger partial charge is 0.217 e. The predicted molar refractivity (Wildman–Crippen MR) is 64.3 cm³/mol. The molecule has 0 aromatic rings. The molecular weight excluding hydrogens is 214 g/mol. The minimum atomic E-state index is -0.0826. The van der Waals surface area contributed by atoms with Crippen LogP contribution in [0.1, 0.15) is 52.4 Å². The lowest BCUT2D eigenvalue weighted by molar-refractivity contribution is -0.133. The van der Waals surface area contributed by atoms with Crippen molar-refractivity contribution < 1.29 is 9.59 Å². The Morgan fingerprint density at radius 1 is 1.18 bits per heavy atom. The number of nitrogens with one attached hydrogen (secondary N) is 1. The Balaban J connectivity index is 2.00. The lowest BCUT2D eigenvalue weighted by atomic mass is 9.64. The molecule has 3 heteroatoms. The Morgan fingerprint density at radius 2 is 1.94 bits per heavy atom. The van der Waals surface area contributed by atoms with Gasteiger partial charge in [0.2, 0.25) is 5.91 Å². The van der Waals surface area contributed by atoms with Crippen LogP contribution in [-0.2, 0) is 9.59 Å². The van der Waals surface area contributed by atoms with Crippen molar-refractivity contribution in [2.45, 2.75) is 57.9 Å². The highest BCUT2D eigenvalue weighted by molar-refractivity contribution is 5.85. The molecular formula is C14H21NO2. The maximum Gasteiger partial charge on any atom is 0.217 e. The first-order valence-corrected chi connectivity index (χ1v) is 6.81. The summed E-state index contributed by atoms with van der Waals surface area (Å²) in [5.41, 5.74) is -0.126. The third-order valence-corrected chi connectivity index (χ3v) is 5.73. The van der Waals surface area contributed by atoms with Gasteiger partial charge in [-0.1, -0.05) is 6.42 Å². The van der Waals surface area contributed by atoms with Crippen molar-refractivity contribution in [1.29, 1.82) is 0 Å². The SMILES string of the molecule is CC(=O)NC12CCC(C1)C1(C(C)=O)CCCC21. The van der Waals surface area contributed by atoms with Gasteiger partial charge >= 0.3 is 0 Å². The summed E-state index contributed by atoms with van der Waals surface area (Å²) in [5.74, 6) is 1.38. The summed E-state index contributed by atoms with van der Waals surface area (Å²) in [6.07, 6.45) is 6.57. The average molecular weight is 235 g/mol. The largest absolute Gasteiger partial charge is 0.351 e. The molecule has 3 rings (SSSR count). The van der Waals surface area contributed by atoms with E-state index in [0.29, 0.717) is 17.6 Å². The first-order valence-electron chi connectivity index (χ1n) is 6.81. The zero-order valence-electron chi connectivity index (χ0n) is 10.7. The molecule has 94 valence electrons. The topological polar surface area (TPSA) is 46.2 Å². The molecule has 4 atom stereocenters. The molecule has 0 aromatic carbocycles. The minimum absolute atomic E-state index is 0.0430. The van der Waals surface area contributed by atoms with E-state index in [1.54, 1.807) is 13.8 Å². The van der Waals surface area contributed by atoms with Gasteiger partial charge in [-0.2, -0.15) is 0 Å². The second-order valence-corrected chi connectivity index (χ2v) is 6.32. The van der Waals surface area contributed by atoms with Crippen LogP contribution in [0.15, 0.2) is 0 Å². The van der Waals surface area contributed by atoms with Gasteiger partial charge in [-0.25, -0.2) is 0 Å². The summed E-state index contributed by atoms with van der Waals surface area (Å²) in [6, 6.07) is 0. The first-order chi connectivity index (χ1) is 8.01. The standard InChI is InChI=1S/C14H21NO2/c1-9(16)14-6-3-4-12(14)13(15-10(2)17)7-5-11(14)8-13/h11-12H,3-8H2,1-2H3,(H,15,17). The first kappa shape index (κ1) is 11.2. The predicted octanol–water partition coefficient (Wildman–Crippen LogP) is 2.05. The van der Waals surface area contributed by atoms with Crippen molar-refractivity contribution in [2.24, 2.45) is 17.3 Å². The van der Waals surface area contributed by atoms with Gasteiger partial charge < -0.3 is 5.32 Å². The summed E-state index contributed by atoms with van der Waals surface area (Å²) in [7, 11) is 0. The number of hydrogen-bond acceptors (Lipinski definition) is 2. The Labute approximate surface area is 102 Å². The van der Waals surface area contributed by atoms with Crippen molar-refractivity contribution in [2.75, 3.05) is 0 Å². The van der Waals surface area contributed by atoms with Crippen LogP contribution in [0.3, 0.4) is 0 Å². The van der Waals surface area contributed by atoms with Gasteiger partial charge in [0.05, 0.1) is 0 Å². The van der Waals surface area contributed by atoms with Crippen molar-refractivity contribution in [3.05, 3.63) is 0 Å². The average Bonchev–Trinajstić information content (AvgIpc) is 2.83. The molecule has 0 aromatic heterocycles. The van der Waals surface area contributed by atoms with Gasteiger partial charge in [0, 0.05) is 17.9 Å². The molecule has 3 fully saturated rings. The van der Waals surface area contributed by atoms with E-state index in [0.717, 1.165) is 38.5 Å². The maximum atomic E-state index is 12.2. The third kappa shape index (κ3) is 1.23. The molecule has 1 amide bonds. The number of carbonyl (C=O) groups excluding carboxylic acids is 2. The molecule has 3 aliphatic rings. The molecule has 17 heavy (non-hydrogen) atoms. The normalized spacial score (nSPS) is 46.9. The lowest BCUT2D eigenvalue weighted by Crippen LogP contribution is -2.53. The second kappa shape index (κ2) is 3.33. The molecule has 0 heterocycles. The summed E-state index contributed by atoms with van der Waals surface area (Å²) in [5, 5.41) is 3.21. The van der Waals surface area contributed by atoms with Gasteiger partial charge in [-0.15, -0.1) is 0 Å². The minimum Gasteiger partial charge on any atom is -0.351 e. The van der Waals surface area contributed by atoms with Gasteiger partial charge in [0.1, 0.15) is 5.78 Å². The number of hydrogen-bond donors (Lipinski definition) is 1. The van der Waals surface area contributed by atoms with Crippen molar-refractivity contribution in [3.63, 3.8) is 0 Å². The highest BCUT2D eigenvalue weighted by atomic mass is 16.1. The number of rotatable bonds is 2. The molecule has 0 aliphatic heterocycles. The highest BCUT2D eigenvalue weighted by Crippen LogP contribution is 2.68. The van der Waals surface area contributed by atoms with Crippen molar-refractivity contribution in [3.8, 4) is 0 Å². The van der Waals surface area contributed by atoms with E-state index in [2.05, 4.69) is 5.32 Å². The van der Waals surface area contributed by atoms with Crippen LogP contribution in [0, 0.1) is 17.3 Å². The zero-order chi connectivity index (χ0) is 12.3. The molecule has 1 N–H and O–H groups in total. The van der Waals surface area contributed by atoms with Gasteiger partial charge in [0.25, 0.3) is 0 Å². The lowest BCUT2D eigenvalue weighted by Gasteiger charge is -2.42. The zero-order valence-corrected chi connectivity index (χ0v) is 10.7. The van der Waals surface area contributed by atoms with Crippen molar-refractivity contribution in [1.82, 2.24) is 5.32 Å². The summed E-state index contributed by atoms with van der Waals surface area (Å²) < 4.78 is 0. The van der Waals surface area contributed by atoms with E-state index < -0.39 is 0 Å². The molecule has 3 aliphatic carbocycles. The molecule has 0 saturated heterocycles. The third-order valence-electron chi connectivity index (χ3n) is 5.73. The van der Waals surface area contributed by atoms with E-state index in [1.807, 2.05) is 0 Å². The van der Waals surface area contributed by atoms with Crippen LogP contribution >= 0.6 is 0 Å². The Hall–Kier alpha value is -0.860. The van der Waals surface area contributed by atoms with Crippen LogP contribution < -0.4 is 5.32 Å². The molecule has 2 bridgehead atoms. The summed E-state index contributed by atoms with van der Waals surface area (Å²) >= 11 is 0. The Morgan fingerprint density at radius 3 is 2.59 bits per heavy atom. The van der Waals surface area contributed by atoms with Crippen LogP contribution in [0.2, 0.25) is 0 Å². The molecule has 3 nitrogen and oxygen atoms in total. The molecule has 3 saturated carbocycles. The van der Waals surface area contributed by atoms with Crippen LogP contribution in [0.25, 0.3) is 0 Å².